The predicted octanol–water partition coefficient (Wildman–Crippen LogP) is 3.65. The van der Waals surface area contributed by atoms with Crippen LogP contribution in [-0.4, -0.2) is 40.4 Å². The van der Waals surface area contributed by atoms with Gasteiger partial charge >= 0.3 is 0 Å². The molecule has 0 unspecified atom stereocenters. The Morgan fingerprint density at radius 3 is 2.56 bits per heavy atom. The van der Waals surface area contributed by atoms with Crippen LogP contribution >= 0.6 is 0 Å². The lowest BCUT2D eigenvalue weighted by Gasteiger charge is -2.25. The number of para-hydroxylation sites is 2. The van der Waals surface area contributed by atoms with E-state index < -0.39 is 0 Å². The van der Waals surface area contributed by atoms with E-state index in [1.165, 1.54) is 19.3 Å². The lowest BCUT2D eigenvalue weighted by molar-refractivity contribution is -0.117. The molecule has 1 aliphatic heterocycles. The average molecular weight is 334 g/mol. The molecule has 1 aliphatic rings. The van der Waals surface area contributed by atoms with Gasteiger partial charge < -0.3 is 10.3 Å². The number of aromatic amines is 1. The number of nitrogens with zero attached hydrogens (tertiary/aromatic N) is 2. The maximum Gasteiger partial charge on any atom is 0.238 e. The fourth-order valence-corrected chi connectivity index (χ4v) is 3.32. The van der Waals surface area contributed by atoms with E-state index in [1.54, 1.807) is 0 Å². The maximum absolute atomic E-state index is 12.2. The summed E-state index contributed by atoms with van der Waals surface area (Å²) in [6.45, 7) is 2.53. The number of aromatic nitrogens is 2. The summed E-state index contributed by atoms with van der Waals surface area (Å²) in [4.78, 5) is 22.3. The first-order valence-corrected chi connectivity index (χ1v) is 8.85. The monoisotopic (exact) mass is 334 g/mol. The smallest absolute Gasteiger partial charge is 0.238 e. The summed E-state index contributed by atoms with van der Waals surface area (Å²) in [5.74, 6) is 0.894. The van der Waals surface area contributed by atoms with Crippen molar-refractivity contribution in [1.29, 1.82) is 0 Å². The third-order valence-corrected chi connectivity index (χ3v) is 4.65. The summed E-state index contributed by atoms with van der Waals surface area (Å²) in [5, 5.41) is 2.98. The summed E-state index contributed by atoms with van der Waals surface area (Å²) in [7, 11) is 0. The zero-order chi connectivity index (χ0) is 17.1. The van der Waals surface area contributed by atoms with Gasteiger partial charge in [-0.2, -0.15) is 0 Å². The van der Waals surface area contributed by atoms with Gasteiger partial charge in [-0.05, 0) is 62.3 Å². The van der Waals surface area contributed by atoms with E-state index in [9.17, 15) is 4.79 Å². The SMILES string of the molecule is O=C(CN1CCCCC1)Nc1ccc(-c2nc3ccccc3[nH]2)cc1. The molecule has 0 aliphatic carbocycles. The van der Waals surface area contributed by atoms with Gasteiger partial charge in [0.1, 0.15) is 5.82 Å². The Labute approximate surface area is 147 Å². The van der Waals surface area contributed by atoms with E-state index in [-0.39, 0.29) is 5.91 Å². The van der Waals surface area contributed by atoms with Crippen LogP contribution in [0.3, 0.4) is 0 Å². The molecule has 1 saturated heterocycles. The van der Waals surface area contributed by atoms with Gasteiger partial charge in [-0.1, -0.05) is 18.6 Å². The van der Waals surface area contributed by atoms with Gasteiger partial charge in [0.25, 0.3) is 0 Å². The highest BCUT2D eigenvalue weighted by molar-refractivity contribution is 5.92. The average Bonchev–Trinajstić information content (AvgIpc) is 3.07. The lowest BCUT2D eigenvalue weighted by atomic mass is 10.1. The zero-order valence-corrected chi connectivity index (χ0v) is 14.2. The summed E-state index contributed by atoms with van der Waals surface area (Å²) >= 11 is 0. The van der Waals surface area contributed by atoms with Crippen LogP contribution in [0.4, 0.5) is 5.69 Å². The minimum atomic E-state index is 0.0541. The molecule has 0 saturated carbocycles. The highest BCUT2D eigenvalue weighted by Gasteiger charge is 2.14. The second-order valence-electron chi connectivity index (χ2n) is 6.56. The molecule has 1 fully saturated rings. The van der Waals surface area contributed by atoms with Crippen molar-refractivity contribution in [3.63, 3.8) is 0 Å². The molecule has 2 N–H and O–H groups in total. The maximum atomic E-state index is 12.2. The molecule has 1 aromatic heterocycles. The second-order valence-corrected chi connectivity index (χ2v) is 6.56. The van der Waals surface area contributed by atoms with Gasteiger partial charge in [-0.3, -0.25) is 9.69 Å². The fraction of sp³-hybridized carbons (Fsp3) is 0.300. The Kier molecular flexibility index (Phi) is 4.48. The van der Waals surface area contributed by atoms with Gasteiger partial charge in [-0.25, -0.2) is 4.98 Å². The van der Waals surface area contributed by atoms with Crippen LogP contribution in [0, 0.1) is 0 Å². The quantitative estimate of drug-likeness (QED) is 0.765. The van der Waals surface area contributed by atoms with E-state index in [0.29, 0.717) is 6.54 Å². The first-order chi connectivity index (χ1) is 12.3. The summed E-state index contributed by atoms with van der Waals surface area (Å²) in [5.41, 5.74) is 3.81. The Morgan fingerprint density at radius 1 is 1.04 bits per heavy atom. The number of benzene rings is 2. The molecule has 5 heteroatoms. The molecule has 0 atom stereocenters. The van der Waals surface area contributed by atoms with Crippen molar-refractivity contribution in [1.82, 2.24) is 14.9 Å². The minimum Gasteiger partial charge on any atom is -0.338 e. The van der Waals surface area contributed by atoms with Crippen LogP contribution in [0.1, 0.15) is 19.3 Å². The van der Waals surface area contributed by atoms with Crippen molar-refractivity contribution in [2.75, 3.05) is 25.0 Å². The first-order valence-electron chi connectivity index (χ1n) is 8.85. The number of hydrogen-bond donors (Lipinski definition) is 2. The summed E-state index contributed by atoms with van der Waals surface area (Å²) < 4.78 is 0. The third-order valence-electron chi connectivity index (χ3n) is 4.65. The number of hydrogen-bond acceptors (Lipinski definition) is 3. The standard InChI is InChI=1S/C20H22N4O/c25-19(14-24-12-4-1-5-13-24)21-16-10-8-15(9-11-16)20-22-17-6-2-3-7-18(17)23-20/h2-3,6-11H,1,4-5,12-14H2,(H,21,25)(H,22,23). The number of amides is 1. The van der Waals surface area contributed by atoms with Gasteiger partial charge in [0, 0.05) is 11.3 Å². The van der Waals surface area contributed by atoms with Crippen molar-refractivity contribution in [3.8, 4) is 11.4 Å². The molecule has 128 valence electrons. The molecule has 3 aromatic rings. The van der Waals surface area contributed by atoms with Crippen LogP contribution in [0.25, 0.3) is 22.4 Å². The molecule has 5 nitrogen and oxygen atoms in total. The number of fused-ring (bicyclic) bond motifs is 1. The van der Waals surface area contributed by atoms with Crippen LogP contribution < -0.4 is 5.32 Å². The van der Waals surface area contributed by atoms with Crippen LogP contribution in [0.2, 0.25) is 0 Å². The molecule has 2 heterocycles. The molecule has 0 radical (unpaired) electrons. The van der Waals surface area contributed by atoms with Crippen LogP contribution in [0.15, 0.2) is 48.5 Å². The number of carbonyl (C=O) groups is 1. The number of nitrogens with one attached hydrogen (secondary N) is 2. The second kappa shape index (κ2) is 7.07. The van der Waals surface area contributed by atoms with Crippen molar-refractivity contribution in [2.45, 2.75) is 19.3 Å². The Morgan fingerprint density at radius 2 is 1.80 bits per heavy atom. The van der Waals surface area contributed by atoms with Crippen molar-refractivity contribution < 1.29 is 4.79 Å². The van der Waals surface area contributed by atoms with Gasteiger partial charge in [0.15, 0.2) is 0 Å². The number of anilines is 1. The molecule has 25 heavy (non-hydrogen) atoms. The van der Waals surface area contributed by atoms with Gasteiger partial charge in [0.2, 0.25) is 5.91 Å². The number of imidazole rings is 1. The van der Waals surface area contributed by atoms with Crippen molar-refractivity contribution in [3.05, 3.63) is 48.5 Å². The van der Waals surface area contributed by atoms with Gasteiger partial charge in [0.05, 0.1) is 17.6 Å². The number of likely N-dealkylation sites (tertiary alicyclic amines) is 1. The largest absolute Gasteiger partial charge is 0.338 e. The molecule has 2 aromatic carbocycles. The molecule has 4 rings (SSSR count). The Balaban J connectivity index is 1.41. The van der Waals surface area contributed by atoms with E-state index in [0.717, 1.165) is 41.2 Å². The fourth-order valence-electron chi connectivity index (χ4n) is 3.32. The highest BCUT2D eigenvalue weighted by atomic mass is 16.2. The Bertz CT molecular complexity index is 830. The predicted molar refractivity (Wildman–Crippen MR) is 100 cm³/mol. The zero-order valence-electron chi connectivity index (χ0n) is 14.2. The number of H-pyrrole nitrogens is 1. The summed E-state index contributed by atoms with van der Waals surface area (Å²) in [6.07, 6.45) is 3.67. The lowest BCUT2D eigenvalue weighted by Crippen LogP contribution is -2.36. The molecule has 1 amide bonds. The first kappa shape index (κ1) is 15.8. The van der Waals surface area contributed by atoms with Crippen molar-refractivity contribution in [2.24, 2.45) is 0 Å². The molecular weight excluding hydrogens is 312 g/mol. The third kappa shape index (κ3) is 3.72. The highest BCUT2D eigenvalue weighted by Crippen LogP contribution is 2.22. The van der Waals surface area contributed by atoms with Crippen LogP contribution in [-0.2, 0) is 4.79 Å². The van der Waals surface area contributed by atoms with Crippen LogP contribution in [0.5, 0.6) is 0 Å². The topological polar surface area (TPSA) is 61.0 Å². The molecular formula is C20H22N4O. The number of carbonyl (C=O) groups excluding carboxylic acids is 1. The van der Waals surface area contributed by atoms with E-state index in [2.05, 4.69) is 20.2 Å². The molecule has 0 bridgehead atoms. The minimum absolute atomic E-state index is 0.0541. The Hall–Kier alpha value is -2.66. The number of rotatable bonds is 4. The van der Waals surface area contributed by atoms with E-state index >= 15 is 0 Å². The van der Waals surface area contributed by atoms with E-state index in [4.69, 9.17) is 0 Å². The summed E-state index contributed by atoms with van der Waals surface area (Å²) in [6, 6.07) is 15.8. The molecule has 0 spiro atoms. The number of piperidine rings is 1. The normalized spacial score (nSPS) is 15.4. The van der Waals surface area contributed by atoms with E-state index in [1.807, 2.05) is 48.5 Å². The van der Waals surface area contributed by atoms with Gasteiger partial charge in [-0.15, -0.1) is 0 Å². The van der Waals surface area contributed by atoms with Crippen molar-refractivity contribution >= 4 is 22.6 Å².